The summed E-state index contributed by atoms with van der Waals surface area (Å²) in [5, 5.41) is 19.8. The van der Waals surface area contributed by atoms with Crippen molar-refractivity contribution in [3.05, 3.63) is 0 Å². The van der Waals surface area contributed by atoms with Gasteiger partial charge in [-0.05, 0) is 12.8 Å². The number of aliphatic hydroxyl groups excluding tert-OH is 1. The highest BCUT2D eigenvalue weighted by molar-refractivity contribution is 7.88. The zero-order valence-electron chi connectivity index (χ0n) is 10.6. The second-order valence-corrected chi connectivity index (χ2v) is 6.42. The number of carboxylic acid groups (broad SMARTS) is 1. The molecule has 0 bridgehead atoms. The predicted molar refractivity (Wildman–Crippen MR) is 65.8 cm³/mol. The number of piperidine rings is 1. The SMILES string of the molecule is CS(=O)(=O)N1CCCCC1C(=O)NC[C@H](O)C(=O)O. The third kappa shape index (κ3) is 4.44. The molecule has 0 saturated carbocycles. The highest BCUT2D eigenvalue weighted by atomic mass is 32.2. The minimum absolute atomic E-state index is 0.276. The van der Waals surface area contributed by atoms with Crippen molar-refractivity contribution < 1.29 is 28.2 Å². The molecule has 2 atom stereocenters. The second-order valence-electron chi connectivity index (χ2n) is 4.48. The highest BCUT2D eigenvalue weighted by Gasteiger charge is 2.34. The molecule has 0 radical (unpaired) electrons. The number of rotatable bonds is 5. The Kier molecular flexibility index (Phi) is 5.27. The molecule has 1 fully saturated rings. The van der Waals surface area contributed by atoms with Crippen LogP contribution in [-0.2, 0) is 19.6 Å². The van der Waals surface area contributed by atoms with Crippen LogP contribution in [0, 0.1) is 0 Å². The quantitative estimate of drug-likeness (QED) is 0.559. The van der Waals surface area contributed by atoms with Gasteiger partial charge in [-0.1, -0.05) is 6.42 Å². The van der Waals surface area contributed by atoms with Gasteiger partial charge in [0.1, 0.15) is 6.04 Å². The van der Waals surface area contributed by atoms with Gasteiger partial charge in [-0.2, -0.15) is 4.31 Å². The average molecular weight is 294 g/mol. The number of nitrogens with zero attached hydrogens (tertiary/aromatic N) is 1. The summed E-state index contributed by atoms with van der Waals surface area (Å²) in [6.07, 6.45) is 1.15. The molecule has 110 valence electrons. The van der Waals surface area contributed by atoms with Crippen molar-refractivity contribution in [2.45, 2.75) is 31.4 Å². The summed E-state index contributed by atoms with van der Waals surface area (Å²) in [7, 11) is -3.48. The fraction of sp³-hybridized carbons (Fsp3) is 0.800. The van der Waals surface area contributed by atoms with Gasteiger partial charge in [-0.15, -0.1) is 0 Å². The number of carbonyl (C=O) groups is 2. The van der Waals surface area contributed by atoms with E-state index in [0.29, 0.717) is 12.8 Å². The molecular weight excluding hydrogens is 276 g/mol. The van der Waals surface area contributed by atoms with Crippen LogP contribution < -0.4 is 5.32 Å². The number of hydrogen-bond donors (Lipinski definition) is 3. The maximum atomic E-state index is 11.9. The van der Waals surface area contributed by atoms with Crippen LogP contribution in [0.5, 0.6) is 0 Å². The predicted octanol–water partition coefficient (Wildman–Crippen LogP) is -1.64. The van der Waals surface area contributed by atoms with E-state index in [4.69, 9.17) is 10.2 Å². The number of hydrogen-bond acceptors (Lipinski definition) is 5. The van der Waals surface area contributed by atoms with Gasteiger partial charge in [-0.25, -0.2) is 13.2 Å². The first-order valence-electron chi connectivity index (χ1n) is 5.89. The first kappa shape index (κ1) is 15.9. The molecule has 1 aliphatic heterocycles. The summed E-state index contributed by atoms with van der Waals surface area (Å²) >= 11 is 0. The molecule has 0 aromatic carbocycles. The molecule has 1 aliphatic rings. The van der Waals surface area contributed by atoms with E-state index in [0.717, 1.165) is 17.0 Å². The number of carboxylic acids is 1. The van der Waals surface area contributed by atoms with Gasteiger partial charge in [0.05, 0.1) is 12.8 Å². The van der Waals surface area contributed by atoms with Gasteiger partial charge >= 0.3 is 5.97 Å². The molecule has 1 rings (SSSR count). The van der Waals surface area contributed by atoms with Crippen molar-refractivity contribution in [1.29, 1.82) is 0 Å². The van der Waals surface area contributed by atoms with Gasteiger partial charge in [-0.3, -0.25) is 4.79 Å². The van der Waals surface area contributed by atoms with Crippen LogP contribution in [0.3, 0.4) is 0 Å². The smallest absolute Gasteiger partial charge is 0.334 e. The zero-order chi connectivity index (χ0) is 14.6. The van der Waals surface area contributed by atoms with E-state index in [1.807, 2.05) is 0 Å². The molecule has 1 amide bonds. The van der Waals surface area contributed by atoms with Crippen molar-refractivity contribution in [3.63, 3.8) is 0 Å². The van der Waals surface area contributed by atoms with Crippen LogP contribution in [0.4, 0.5) is 0 Å². The number of carbonyl (C=O) groups excluding carboxylic acids is 1. The number of nitrogens with one attached hydrogen (secondary N) is 1. The maximum Gasteiger partial charge on any atom is 0.334 e. The van der Waals surface area contributed by atoms with E-state index in [2.05, 4.69) is 5.32 Å². The molecule has 1 unspecified atom stereocenters. The highest BCUT2D eigenvalue weighted by Crippen LogP contribution is 2.19. The van der Waals surface area contributed by atoms with Crippen molar-refractivity contribution in [2.75, 3.05) is 19.3 Å². The Morgan fingerprint density at radius 3 is 2.58 bits per heavy atom. The van der Waals surface area contributed by atoms with Crippen molar-refractivity contribution in [1.82, 2.24) is 9.62 Å². The van der Waals surface area contributed by atoms with Crippen LogP contribution >= 0.6 is 0 Å². The Morgan fingerprint density at radius 2 is 2.05 bits per heavy atom. The summed E-state index contributed by atoms with van der Waals surface area (Å²) in [5.74, 6) is -2.02. The van der Waals surface area contributed by atoms with E-state index < -0.39 is 40.6 Å². The Bertz CT molecular complexity index is 449. The summed E-state index contributed by atoms with van der Waals surface area (Å²) in [4.78, 5) is 22.3. The average Bonchev–Trinajstić information content (AvgIpc) is 2.34. The van der Waals surface area contributed by atoms with Crippen LogP contribution in [0.2, 0.25) is 0 Å². The molecule has 0 aliphatic carbocycles. The summed E-state index contributed by atoms with van der Waals surface area (Å²) < 4.78 is 24.2. The largest absolute Gasteiger partial charge is 0.479 e. The minimum atomic E-state index is -3.48. The Morgan fingerprint density at radius 1 is 1.42 bits per heavy atom. The number of amides is 1. The Hall–Kier alpha value is -1.19. The van der Waals surface area contributed by atoms with Crippen molar-refractivity contribution >= 4 is 21.9 Å². The molecule has 0 aromatic rings. The lowest BCUT2D eigenvalue weighted by Crippen LogP contribution is -2.52. The van der Waals surface area contributed by atoms with E-state index in [1.165, 1.54) is 0 Å². The van der Waals surface area contributed by atoms with Crippen LogP contribution in [0.15, 0.2) is 0 Å². The van der Waals surface area contributed by atoms with E-state index in [9.17, 15) is 18.0 Å². The van der Waals surface area contributed by atoms with E-state index in [-0.39, 0.29) is 6.54 Å². The third-order valence-corrected chi connectivity index (χ3v) is 4.23. The summed E-state index contributed by atoms with van der Waals surface area (Å²) in [5.41, 5.74) is 0. The van der Waals surface area contributed by atoms with Crippen LogP contribution in [0.1, 0.15) is 19.3 Å². The first-order valence-corrected chi connectivity index (χ1v) is 7.73. The normalized spacial score (nSPS) is 22.7. The van der Waals surface area contributed by atoms with Crippen LogP contribution in [-0.4, -0.2) is 66.3 Å². The molecule has 0 spiro atoms. The molecule has 19 heavy (non-hydrogen) atoms. The van der Waals surface area contributed by atoms with Gasteiger partial charge < -0.3 is 15.5 Å². The molecule has 9 heteroatoms. The zero-order valence-corrected chi connectivity index (χ0v) is 11.4. The number of aliphatic carboxylic acids is 1. The fourth-order valence-electron chi connectivity index (χ4n) is 1.97. The topological polar surface area (TPSA) is 124 Å². The monoisotopic (exact) mass is 294 g/mol. The molecule has 3 N–H and O–H groups in total. The Labute approximate surface area is 111 Å². The van der Waals surface area contributed by atoms with Gasteiger partial charge in [0, 0.05) is 6.54 Å². The van der Waals surface area contributed by atoms with E-state index in [1.54, 1.807) is 0 Å². The lowest BCUT2D eigenvalue weighted by molar-refractivity contribution is -0.146. The van der Waals surface area contributed by atoms with Crippen molar-refractivity contribution in [2.24, 2.45) is 0 Å². The number of sulfonamides is 1. The van der Waals surface area contributed by atoms with E-state index >= 15 is 0 Å². The molecule has 0 aromatic heterocycles. The molecular formula is C10H18N2O6S. The lowest BCUT2D eigenvalue weighted by Gasteiger charge is -2.32. The summed E-state index contributed by atoms with van der Waals surface area (Å²) in [6, 6.07) is -0.829. The molecule has 1 saturated heterocycles. The molecule has 1 heterocycles. The van der Waals surface area contributed by atoms with Crippen molar-refractivity contribution in [3.8, 4) is 0 Å². The summed E-state index contributed by atoms with van der Waals surface area (Å²) in [6.45, 7) is -0.166. The maximum absolute atomic E-state index is 11.9. The standard InChI is InChI=1S/C10H18N2O6S/c1-19(17,18)12-5-3-2-4-7(12)9(14)11-6-8(13)10(15)16/h7-8,13H,2-6H2,1H3,(H,11,14)(H,15,16)/t7?,8-/m0/s1. The second kappa shape index (κ2) is 6.31. The minimum Gasteiger partial charge on any atom is -0.479 e. The first-order chi connectivity index (χ1) is 8.73. The Balaban J connectivity index is 2.65. The van der Waals surface area contributed by atoms with Gasteiger partial charge in [0.15, 0.2) is 6.10 Å². The lowest BCUT2D eigenvalue weighted by atomic mass is 10.0. The third-order valence-electron chi connectivity index (χ3n) is 2.94. The van der Waals surface area contributed by atoms with Crippen LogP contribution in [0.25, 0.3) is 0 Å². The van der Waals surface area contributed by atoms with Gasteiger partial charge in [0.25, 0.3) is 0 Å². The fourth-order valence-corrected chi connectivity index (χ4v) is 3.09. The van der Waals surface area contributed by atoms with Gasteiger partial charge in [0.2, 0.25) is 15.9 Å². The number of aliphatic hydroxyl groups is 1. The molecule has 8 nitrogen and oxygen atoms in total.